The second kappa shape index (κ2) is 10.0. The van der Waals surface area contributed by atoms with Crippen LogP contribution in [0, 0.1) is 0 Å². The molecule has 45 heavy (non-hydrogen) atoms. The van der Waals surface area contributed by atoms with Crippen molar-refractivity contribution < 1.29 is 0 Å². The van der Waals surface area contributed by atoms with Crippen molar-refractivity contribution in [1.29, 1.82) is 0 Å². The molecule has 0 saturated carbocycles. The van der Waals surface area contributed by atoms with Crippen LogP contribution in [0.1, 0.15) is 0 Å². The third-order valence-electron chi connectivity index (χ3n) is 9.63. The highest BCUT2D eigenvalue weighted by Crippen LogP contribution is 2.44. The Kier molecular flexibility index (Phi) is 5.89. The van der Waals surface area contributed by atoms with Gasteiger partial charge in [0.15, 0.2) is 0 Å². The van der Waals surface area contributed by atoms with E-state index in [0.29, 0.717) is 0 Å². The number of fused-ring (bicyclic) bond motifs is 8. The van der Waals surface area contributed by atoms with E-state index in [0.717, 1.165) is 0 Å². The van der Waals surface area contributed by atoms with Crippen LogP contribution >= 0.6 is 11.3 Å². The van der Waals surface area contributed by atoms with E-state index < -0.39 is 8.07 Å². The average molecular weight is 610 g/mol. The number of para-hydroxylation sites is 1. The van der Waals surface area contributed by atoms with Crippen molar-refractivity contribution in [2.24, 2.45) is 0 Å². The van der Waals surface area contributed by atoms with Gasteiger partial charge < -0.3 is 4.90 Å². The Morgan fingerprint density at radius 1 is 0.489 bits per heavy atom. The molecule has 0 saturated heterocycles. The lowest BCUT2D eigenvalue weighted by atomic mass is 10.0. The Balaban J connectivity index is 1.20. The summed E-state index contributed by atoms with van der Waals surface area (Å²) in [6, 6.07) is 56.0. The van der Waals surface area contributed by atoms with E-state index >= 15 is 0 Å². The second-order valence-electron chi connectivity index (χ2n) is 12.6. The quantitative estimate of drug-likeness (QED) is 0.179. The summed E-state index contributed by atoms with van der Waals surface area (Å²) in [6.07, 6.45) is 0. The SMILES string of the molecule is C[Si]1(C)c2cc(N(c3ccccc3)c3ccc4cc(-c5ccccc5)ccc4c3)ccc2-c2c1ccc1c2sc2ccccc21. The van der Waals surface area contributed by atoms with Crippen molar-refractivity contribution in [3.63, 3.8) is 0 Å². The predicted molar refractivity (Wildman–Crippen MR) is 199 cm³/mol. The van der Waals surface area contributed by atoms with E-state index in [1.807, 2.05) is 11.3 Å². The molecule has 0 spiro atoms. The maximum Gasteiger partial charge on any atom is 0.114 e. The fourth-order valence-corrected chi connectivity index (χ4v) is 11.8. The van der Waals surface area contributed by atoms with Gasteiger partial charge in [0.1, 0.15) is 8.07 Å². The molecule has 0 atom stereocenters. The fraction of sp³-hybridized carbons (Fsp3) is 0.0476. The summed E-state index contributed by atoms with van der Waals surface area (Å²) >= 11 is 1.95. The van der Waals surface area contributed by atoms with E-state index in [9.17, 15) is 0 Å². The highest BCUT2D eigenvalue weighted by molar-refractivity contribution is 7.26. The van der Waals surface area contributed by atoms with Gasteiger partial charge in [-0.3, -0.25) is 0 Å². The van der Waals surface area contributed by atoms with E-state index in [1.54, 1.807) is 5.19 Å². The number of hydrogen-bond donors (Lipinski definition) is 0. The molecule has 1 aliphatic rings. The van der Waals surface area contributed by atoms with Crippen LogP contribution in [-0.4, -0.2) is 8.07 Å². The Bertz CT molecular complexity index is 2410. The molecule has 0 N–H and O–H groups in total. The molecule has 1 aromatic heterocycles. The van der Waals surface area contributed by atoms with Crippen LogP contribution in [0.15, 0.2) is 152 Å². The first-order valence-electron chi connectivity index (χ1n) is 15.6. The zero-order chi connectivity index (χ0) is 30.1. The van der Waals surface area contributed by atoms with Crippen LogP contribution in [-0.2, 0) is 0 Å². The third kappa shape index (κ3) is 4.12. The van der Waals surface area contributed by atoms with Crippen LogP contribution in [0.2, 0.25) is 13.1 Å². The van der Waals surface area contributed by atoms with Crippen molar-refractivity contribution >= 4 is 77.8 Å². The molecule has 2 heterocycles. The molecule has 0 amide bonds. The molecule has 7 aromatic carbocycles. The molecule has 0 bridgehead atoms. The topological polar surface area (TPSA) is 3.24 Å². The van der Waals surface area contributed by atoms with Gasteiger partial charge in [-0.25, -0.2) is 0 Å². The number of nitrogens with zero attached hydrogens (tertiary/aromatic N) is 1. The monoisotopic (exact) mass is 609 g/mol. The van der Waals surface area contributed by atoms with Crippen LogP contribution in [0.4, 0.5) is 17.1 Å². The summed E-state index contributed by atoms with van der Waals surface area (Å²) in [5, 5.41) is 8.32. The molecular weight excluding hydrogens is 579 g/mol. The Morgan fingerprint density at radius 3 is 2.02 bits per heavy atom. The van der Waals surface area contributed by atoms with E-state index in [2.05, 4.69) is 170 Å². The molecule has 214 valence electrons. The van der Waals surface area contributed by atoms with Gasteiger partial charge in [-0.1, -0.05) is 116 Å². The first-order valence-corrected chi connectivity index (χ1v) is 19.4. The van der Waals surface area contributed by atoms with Crippen molar-refractivity contribution in [3.8, 4) is 22.3 Å². The Hall–Kier alpha value is -4.96. The normalized spacial score (nSPS) is 13.3. The summed E-state index contributed by atoms with van der Waals surface area (Å²) in [7, 11) is -1.93. The van der Waals surface area contributed by atoms with Crippen molar-refractivity contribution in [3.05, 3.63) is 152 Å². The molecule has 0 fully saturated rings. The highest BCUT2D eigenvalue weighted by Gasteiger charge is 2.39. The van der Waals surface area contributed by atoms with Gasteiger partial charge in [0.2, 0.25) is 0 Å². The first kappa shape index (κ1) is 26.4. The molecular formula is C42H31NSSi. The molecule has 8 aromatic rings. The van der Waals surface area contributed by atoms with Crippen molar-refractivity contribution in [1.82, 2.24) is 0 Å². The fourth-order valence-electron chi connectivity index (χ4n) is 7.34. The number of thiophene rings is 1. The van der Waals surface area contributed by atoms with Gasteiger partial charge >= 0.3 is 0 Å². The minimum Gasteiger partial charge on any atom is -0.310 e. The molecule has 0 unspecified atom stereocenters. The van der Waals surface area contributed by atoms with Gasteiger partial charge in [0, 0.05) is 37.2 Å². The molecule has 1 aliphatic heterocycles. The molecule has 9 rings (SSSR count). The first-order chi connectivity index (χ1) is 22.1. The lowest BCUT2D eigenvalue weighted by Crippen LogP contribution is -2.49. The van der Waals surface area contributed by atoms with Crippen LogP contribution in [0.25, 0.3) is 53.2 Å². The Labute approximate surface area is 268 Å². The third-order valence-corrected chi connectivity index (χ3v) is 14.4. The van der Waals surface area contributed by atoms with Crippen molar-refractivity contribution in [2.75, 3.05) is 4.90 Å². The summed E-state index contributed by atoms with van der Waals surface area (Å²) < 4.78 is 2.80. The largest absolute Gasteiger partial charge is 0.310 e. The maximum absolute atomic E-state index is 2.52. The van der Waals surface area contributed by atoms with Crippen LogP contribution in [0.3, 0.4) is 0 Å². The summed E-state index contributed by atoms with van der Waals surface area (Å²) in [5.74, 6) is 0. The van der Waals surface area contributed by atoms with Gasteiger partial charge in [0.05, 0.1) is 0 Å². The minimum absolute atomic E-state index is 1.17. The minimum atomic E-state index is -1.93. The van der Waals surface area contributed by atoms with Crippen LogP contribution in [0.5, 0.6) is 0 Å². The van der Waals surface area contributed by atoms with Crippen LogP contribution < -0.4 is 15.3 Å². The average Bonchev–Trinajstić information content (AvgIpc) is 3.58. The van der Waals surface area contributed by atoms with E-state index in [4.69, 9.17) is 0 Å². The molecule has 1 nitrogen and oxygen atoms in total. The predicted octanol–water partition coefficient (Wildman–Crippen LogP) is 11.1. The lowest BCUT2D eigenvalue weighted by molar-refractivity contribution is 1.29. The number of rotatable bonds is 4. The number of anilines is 3. The summed E-state index contributed by atoms with van der Waals surface area (Å²) in [5.41, 5.74) is 8.92. The van der Waals surface area contributed by atoms with Gasteiger partial charge in [-0.15, -0.1) is 11.3 Å². The zero-order valence-corrected chi connectivity index (χ0v) is 27.1. The van der Waals surface area contributed by atoms with Gasteiger partial charge in [-0.05, 0) is 91.9 Å². The summed E-state index contributed by atoms with van der Waals surface area (Å²) in [4.78, 5) is 2.42. The Morgan fingerprint density at radius 2 is 1.18 bits per heavy atom. The van der Waals surface area contributed by atoms with E-state index in [-0.39, 0.29) is 0 Å². The zero-order valence-electron chi connectivity index (χ0n) is 25.3. The standard InChI is InChI=1S/C42H31NSSi/c1-45(2)39-24-23-36-35-15-9-10-16-38(35)44-42(36)41(39)37-22-21-34(27-40(37)45)43(32-13-7-4-8-14-32)33-20-19-30-25-29(17-18-31(30)26-33)28-11-5-3-6-12-28/h3-27H,1-2H3. The molecule has 0 aliphatic carbocycles. The summed E-state index contributed by atoms with van der Waals surface area (Å²) in [6.45, 7) is 5.04. The maximum atomic E-state index is 2.52. The van der Waals surface area contributed by atoms with E-state index in [1.165, 1.54) is 75.4 Å². The molecule has 0 radical (unpaired) electrons. The smallest absolute Gasteiger partial charge is 0.114 e. The number of hydrogen-bond acceptors (Lipinski definition) is 2. The lowest BCUT2D eigenvalue weighted by Gasteiger charge is -2.28. The van der Waals surface area contributed by atoms with Crippen molar-refractivity contribution in [2.45, 2.75) is 13.1 Å². The van der Waals surface area contributed by atoms with Gasteiger partial charge in [0.25, 0.3) is 0 Å². The molecule has 3 heteroatoms. The second-order valence-corrected chi connectivity index (χ2v) is 18.0. The highest BCUT2D eigenvalue weighted by atomic mass is 32.1. The van der Waals surface area contributed by atoms with Gasteiger partial charge in [-0.2, -0.15) is 0 Å². The number of benzene rings is 7.